The number of carboxylic acid groups (broad SMARTS) is 1. The smallest absolute Gasteiger partial charge is 0.318 e. The lowest BCUT2D eigenvalue weighted by Gasteiger charge is -2.19. The second-order valence-corrected chi connectivity index (χ2v) is 3.18. The Kier molecular flexibility index (Phi) is 4.17. The molecule has 0 aliphatic heterocycles. The summed E-state index contributed by atoms with van der Waals surface area (Å²) in [6.45, 7) is 4.85. The average Bonchev–Trinajstić information content (AvgIpc) is 2.03. The zero-order chi connectivity index (χ0) is 10.5. The van der Waals surface area contributed by atoms with Crippen LogP contribution in [0.25, 0.3) is 0 Å². The highest BCUT2D eigenvalue weighted by Gasteiger charge is 2.38. The number of carboxylic acids is 1. The van der Waals surface area contributed by atoms with Gasteiger partial charge in [-0.15, -0.1) is 6.58 Å². The van der Waals surface area contributed by atoms with Crippen LogP contribution in [0.5, 0.6) is 0 Å². The minimum atomic E-state index is -1.44. The lowest BCUT2D eigenvalue weighted by Crippen LogP contribution is -2.41. The van der Waals surface area contributed by atoms with E-state index < -0.39 is 17.3 Å². The summed E-state index contributed by atoms with van der Waals surface area (Å²) in [6.07, 6.45) is 3.23. The normalized spacial score (nSPS) is 14.5. The van der Waals surface area contributed by atoms with Gasteiger partial charge in [-0.3, -0.25) is 9.59 Å². The Bertz CT molecular complexity index is 209. The quantitative estimate of drug-likeness (QED) is 0.367. The topological polar surface area (TPSA) is 80.4 Å². The van der Waals surface area contributed by atoms with Crippen molar-refractivity contribution in [2.75, 3.05) is 0 Å². The van der Waals surface area contributed by atoms with Crippen molar-refractivity contribution in [2.45, 2.75) is 26.2 Å². The highest BCUT2D eigenvalue weighted by molar-refractivity contribution is 6.00. The number of hydrogen-bond acceptors (Lipinski definition) is 2. The van der Waals surface area contributed by atoms with E-state index in [1.54, 1.807) is 6.08 Å². The molecule has 3 N–H and O–H groups in total. The number of hydrogen-bond donors (Lipinski definition) is 2. The summed E-state index contributed by atoms with van der Waals surface area (Å²) in [4.78, 5) is 21.6. The van der Waals surface area contributed by atoms with Gasteiger partial charge >= 0.3 is 5.97 Å². The van der Waals surface area contributed by atoms with Crippen LogP contribution < -0.4 is 5.73 Å². The maximum atomic E-state index is 10.9. The maximum Gasteiger partial charge on any atom is 0.318 e. The van der Waals surface area contributed by atoms with E-state index in [4.69, 9.17) is 10.8 Å². The first kappa shape index (κ1) is 11.7. The molecule has 1 atom stereocenters. The van der Waals surface area contributed by atoms with Gasteiger partial charge in [0.15, 0.2) is 0 Å². The summed E-state index contributed by atoms with van der Waals surface area (Å²) >= 11 is 0. The van der Waals surface area contributed by atoms with Gasteiger partial charge in [0.2, 0.25) is 5.91 Å². The highest BCUT2D eigenvalue weighted by atomic mass is 16.4. The predicted octanol–water partition coefficient (Wildman–Crippen LogP) is 0.919. The summed E-state index contributed by atoms with van der Waals surface area (Å²) in [5.41, 5.74) is 3.57. The van der Waals surface area contributed by atoms with E-state index in [0.717, 1.165) is 0 Å². The Morgan fingerprint density at radius 3 is 2.46 bits per heavy atom. The van der Waals surface area contributed by atoms with Gasteiger partial charge < -0.3 is 10.8 Å². The van der Waals surface area contributed by atoms with E-state index in [-0.39, 0.29) is 6.42 Å². The summed E-state index contributed by atoms with van der Waals surface area (Å²) in [6, 6.07) is 0. The molecule has 0 rings (SSSR count). The Morgan fingerprint density at radius 1 is 1.62 bits per heavy atom. The van der Waals surface area contributed by atoms with Crippen LogP contribution in [-0.2, 0) is 9.59 Å². The Hall–Kier alpha value is -1.32. The van der Waals surface area contributed by atoms with Gasteiger partial charge in [0.25, 0.3) is 0 Å². The summed E-state index contributed by atoms with van der Waals surface area (Å²) < 4.78 is 0. The molecule has 13 heavy (non-hydrogen) atoms. The number of unbranched alkanes of at least 4 members (excludes halogenated alkanes) is 1. The molecule has 1 unspecified atom stereocenters. The van der Waals surface area contributed by atoms with E-state index in [9.17, 15) is 9.59 Å². The number of amides is 1. The first-order chi connectivity index (χ1) is 5.95. The molecular formula is C9H15NO3. The van der Waals surface area contributed by atoms with Crippen molar-refractivity contribution in [1.82, 2.24) is 0 Å². The predicted molar refractivity (Wildman–Crippen MR) is 49.0 cm³/mol. The zero-order valence-corrected chi connectivity index (χ0v) is 7.75. The number of aliphatic carboxylic acids is 1. The van der Waals surface area contributed by atoms with Crippen LogP contribution in [0.4, 0.5) is 0 Å². The summed E-state index contributed by atoms with van der Waals surface area (Å²) in [5, 5.41) is 8.78. The molecule has 1 amide bonds. The molecular weight excluding hydrogens is 170 g/mol. The van der Waals surface area contributed by atoms with Crippen molar-refractivity contribution in [3.05, 3.63) is 12.7 Å². The molecule has 0 spiro atoms. The lowest BCUT2D eigenvalue weighted by atomic mass is 9.84. The first-order valence-corrected chi connectivity index (χ1v) is 4.09. The van der Waals surface area contributed by atoms with E-state index in [2.05, 4.69) is 6.58 Å². The molecule has 0 aliphatic rings. The molecule has 0 saturated heterocycles. The molecule has 74 valence electrons. The van der Waals surface area contributed by atoms with Crippen molar-refractivity contribution in [2.24, 2.45) is 11.1 Å². The van der Waals surface area contributed by atoms with Crippen LogP contribution in [0, 0.1) is 5.41 Å². The minimum Gasteiger partial charge on any atom is -0.480 e. The third kappa shape index (κ3) is 2.89. The van der Waals surface area contributed by atoms with Crippen LogP contribution in [0.3, 0.4) is 0 Å². The molecule has 4 nitrogen and oxygen atoms in total. The molecule has 0 heterocycles. The molecule has 0 radical (unpaired) electrons. The van der Waals surface area contributed by atoms with Gasteiger partial charge in [-0.2, -0.15) is 0 Å². The third-order valence-corrected chi connectivity index (χ3v) is 2.10. The number of carbonyl (C=O) groups is 2. The largest absolute Gasteiger partial charge is 0.480 e. The molecule has 0 saturated carbocycles. The van der Waals surface area contributed by atoms with Crippen molar-refractivity contribution >= 4 is 11.9 Å². The number of allylic oxidation sites excluding steroid dienone is 1. The van der Waals surface area contributed by atoms with Crippen molar-refractivity contribution in [1.29, 1.82) is 0 Å². The minimum absolute atomic E-state index is 0.254. The average molecular weight is 185 g/mol. The van der Waals surface area contributed by atoms with Gasteiger partial charge in [0.1, 0.15) is 5.41 Å². The molecule has 0 aromatic heterocycles. The molecule has 0 bridgehead atoms. The monoisotopic (exact) mass is 185 g/mol. The second kappa shape index (κ2) is 4.64. The summed E-state index contributed by atoms with van der Waals surface area (Å²) in [5.74, 6) is -1.95. The molecule has 4 heteroatoms. The SMILES string of the molecule is C=CCCCC(C)(C(N)=O)C(=O)O. The first-order valence-electron chi connectivity index (χ1n) is 4.09. The molecule has 0 aliphatic carbocycles. The van der Waals surface area contributed by atoms with Gasteiger partial charge in [-0.05, 0) is 26.2 Å². The van der Waals surface area contributed by atoms with Crippen LogP contribution in [-0.4, -0.2) is 17.0 Å². The Labute approximate surface area is 77.4 Å². The number of nitrogens with two attached hydrogens (primary N) is 1. The fraction of sp³-hybridized carbons (Fsp3) is 0.556. The van der Waals surface area contributed by atoms with E-state index in [1.807, 2.05) is 0 Å². The van der Waals surface area contributed by atoms with Crippen molar-refractivity contribution in [3.63, 3.8) is 0 Å². The maximum absolute atomic E-state index is 10.9. The highest BCUT2D eigenvalue weighted by Crippen LogP contribution is 2.23. The Balaban J connectivity index is 4.34. The van der Waals surface area contributed by atoms with Gasteiger partial charge in [-0.25, -0.2) is 0 Å². The van der Waals surface area contributed by atoms with Crippen LogP contribution in [0.15, 0.2) is 12.7 Å². The summed E-state index contributed by atoms with van der Waals surface area (Å²) in [7, 11) is 0. The number of primary amides is 1. The third-order valence-electron chi connectivity index (χ3n) is 2.10. The second-order valence-electron chi connectivity index (χ2n) is 3.18. The molecule has 0 fully saturated rings. The van der Waals surface area contributed by atoms with Crippen molar-refractivity contribution in [3.8, 4) is 0 Å². The van der Waals surface area contributed by atoms with Crippen molar-refractivity contribution < 1.29 is 14.7 Å². The molecule has 0 aromatic carbocycles. The number of rotatable bonds is 6. The Morgan fingerprint density at radius 2 is 2.15 bits per heavy atom. The standard InChI is InChI=1S/C9H15NO3/c1-3-4-5-6-9(2,7(10)11)8(12)13/h3H,1,4-6H2,2H3,(H2,10,11)(H,12,13). The lowest BCUT2D eigenvalue weighted by molar-refractivity contribution is -0.154. The van der Waals surface area contributed by atoms with Crippen LogP contribution in [0.1, 0.15) is 26.2 Å². The molecule has 0 aromatic rings. The van der Waals surface area contributed by atoms with Gasteiger partial charge in [-0.1, -0.05) is 6.08 Å². The van der Waals surface area contributed by atoms with Crippen LogP contribution in [0.2, 0.25) is 0 Å². The van der Waals surface area contributed by atoms with Gasteiger partial charge in [0, 0.05) is 0 Å². The van der Waals surface area contributed by atoms with E-state index in [1.165, 1.54) is 6.92 Å². The fourth-order valence-corrected chi connectivity index (χ4v) is 0.935. The zero-order valence-electron chi connectivity index (χ0n) is 7.75. The van der Waals surface area contributed by atoms with E-state index in [0.29, 0.717) is 12.8 Å². The van der Waals surface area contributed by atoms with Crippen LogP contribution >= 0.6 is 0 Å². The van der Waals surface area contributed by atoms with Gasteiger partial charge in [0.05, 0.1) is 0 Å². The number of carbonyl (C=O) groups excluding carboxylic acids is 1. The fourth-order valence-electron chi connectivity index (χ4n) is 0.935. The van der Waals surface area contributed by atoms with E-state index >= 15 is 0 Å².